The molecular formula is C29H34ClN3O4S. The lowest BCUT2D eigenvalue weighted by molar-refractivity contribution is -0.142. The van der Waals surface area contributed by atoms with Crippen LogP contribution in [-0.2, 0) is 20.9 Å². The van der Waals surface area contributed by atoms with Crippen molar-refractivity contribution in [3.8, 4) is 0 Å². The van der Waals surface area contributed by atoms with Crippen molar-refractivity contribution in [1.82, 2.24) is 10.2 Å². The maximum absolute atomic E-state index is 14.2. The number of carbonyl (C=O) groups is 3. The maximum atomic E-state index is 14.2. The Morgan fingerprint density at radius 1 is 1.13 bits per heavy atom. The molecule has 7 nitrogen and oxygen atoms in total. The summed E-state index contributed by atoms with van der Waals surface area (Å²) in [5.41, 5.74) is 1.58. The van der Waals surface area contributed by atoms with E-state index in [1.165, 1.54) is 0 Å². The number of thioether (sulfide) groups is 1. The highest BCUT2D eigenvalue weighted by Gasteiger charge is 2.74. The van der Waals surface area contributed by atoms with Crippen molar-refractivity contribution >= 4 is 46.8 Å². The number of carbonyl (C=O) groups excluding carboxylic acids is 3. The third-order valence-electron chi connectivity index (χ3n) is 8.06. The van der Waals surface area contributed by atoms with Gasteiger partial charge in [0, 0.05) is 22.5 Å². The number of benzene rings is 2. The Kier molecular flexibility index (Phi) is 7.76. The zero-order valence-corrected chi connectivity index (χ0v) is 23.2. The molecule has 2 bridgehead atoms. The molecule has 202 valence electrons. The molecule has 5 rings (SSSR count). The van der Waals surface area contributed by atoms with Gasteiger partial charge in [0.25, 0.3) is 0 Å². The van der Waals surface area contributed by atoms with Gasteiger partial charge in [-0.2, -0.15) is 0 Å². The quantitative estimate of drug-likeness (QED) is 0.433. The van der Waals surface area contributed by atoms with Gasteiger partial charge in [-0.25, -0.2) is 0 Å². The Morgan fingerprint density at radius 3 is 2.50 bits per heavy atom. The second-order valence-electron chi connectivity index (χ2n) is 11.0. The van der Waals surface area contributed by atoms with Crippen LogP contribution in [0, 0.1) is 17.8 Å². The van der Waals surface area contributed by atoms with Gasteiger partial charge in [0.2, 0.25) is 17.7 Å². The van der Waals surface area contributed by atoms with Crippen molar-refractivity contribution < 1.29 is 19.5 Å². The lowest BCUT2D eigenvalue weighted by Gasteiger charge is -2.37. The van der Waals surface area contributed by atoms with Crippen molar-refractivity contribution in [3.05, 3.63) is 65.2 Å². The second kappa shape index (κ2) is 10.9. The predicted octanol–water partition coefficient (Wildman–Crippen LogP) is 4.09. The van der Waals surface area contributed by atoms with Gasteiger partial charge in [0.05, 0.1) is 29.2 Å². The van der Waals surface area contributed by atoms with Gasteiger partial charge in [-0.3, -0.25) is 14.4 Å². The van der Waals surface area contributed by atoms with E-state index in [0.717, 1.165) is 12.0 Å². The molecule has 0 saturated carbocycles. The van der Waals surface area contributed by atoms with Crippen LogP contribution in [0.2, 0.25) is 5.02 Å². The molecule has 3 N–H and O–H groups in total. The van der Waals surface area contributed by atoms with Crippen molar-refractivity contribution in [2.75, 3.05) is 11.9 Å². The zero-order valence-electron chi connectivity index (χ0n) is 21.6. The predicted molar refractivity (Wildman–Crippen MR) is 150 cm³/mol. The molecule has 3 heterocycles. The molecule has 38 heavy (non-hydrogen) atoms. The number of fused-ring (bicyclic) bond motifs is 1. The molecule has 3 amide bonds. The average Bonchev–Trinajstić information content (AvgIpc) is 3.55. The zero-order chi connectivity index (χ0) is 27.0. The molecule has 0 aliphatic carbocycles. The van der Waals surface area contributed by atoms with Crippen LogP contribution in [-0.4, -0.2) is 56.4 Å². The minimum Gasteiger partial charge on any atom is -0.394 e. The molecule has 0 radical (unpaired) electrons. The molecule has 3 aliphatic rings. The highest BCUT2D eigenvalue weighted by molar-refractivity contribution is 8.02. The number of hydrogen-bond acceptors (Lipinski definition) is 5. The van der Waals surface area contributed by atoms with Crippen LogP contribution >= 0.6 is 23.4 Å². The molecular weight excluding hydrogens is 522 g/mol. The number of nitrogens with zero attached hydrogens (tertiary/aromatic N) is 1. The van der Waals surface area contributed by atoms with Crippen molar-refractivity contribution in [1.29, 1.82) is 0 Å². The highest BCUT2D eigenvalue weighted by Crippen LogP contribution is 2.66. The van der Waals surface area contributed by atoms with Crippen LogP contribution in [0.4, 0.5) is 5.69 Å². The number of anilines is 1. The van der Waals surface area contributed by atoms with E-state index in [4.69, 9.17) is 11.6 Å². The average molecular weight is 556 g/mol. The maximum Gasteiger partial charge on any atom is 0.248 e. The van der Waals surface area contributed by atoms with E-state index in [2.05, 4.69) is 10.6 Å². The van der Waals surface area contributed by atoms with Gasteiger partial charge in [0.1, 0.15) is 6.04 Å². The fourth-order valence-electron chi connectivity index (χ4n) is 6.55. The molecule has 1 spiro atoms. The van der Waals surface area contributed by atoms with Crippen LogP contribution < -0.4 is 10.6 Å². The molecule has 2 unspecified atom stereocenters. The summed E-state index contributed by atoms with van der Waals surface area (Å²) in [6, 6.07) is 15.3. The van der Waals surface area contributed by atoms with E-state index in [1.807, 2.05) is 44.2 Å². The first-order chi connectivity index (χ1) is 18.2. The van der Waals surface area contributed by atoms with Crippen LogP contribution in [0.25, 0.3) is 0 Å². The molecule has 9 heteroatoms. The summed E-state index contributed by atoms with van der Waals surface area (Å²) in [5, 5.41) is 16.9. The third-order valence-corrected chi connectivity index (χ3v) is 10.3. The van der Waals surface area contributed by atoms with E-state index >= 15 is 0 Å². The number of hydrogen-bond donors (Lipinski definition) is 3. The number of halogens is 1. The summed E-state index contributed by atoms with van der Waals surface area (Å²) in [6.45, 7) is 4.21. The SMILES string of the molecule is CC(C)C[C@H](CO)N1C(=O)[C@@H]2[C@H](C(=O)NCc3ccccc3)[C@@H]3CCC2(S3)C1C(=O)Nc1ccc(Cl)cc1. The van der Waals surface area contributed by atoms with Crippen molar-refractivity contribution in [2.24, 2.45) is 17.8 Å². The Labute approximate surface area is 232 Å². The molecule has 3 aliphatic heterocycles. The summed E-state index contributed by atoms with van der Waals surface area (Å²) in [6.07, 6.45) is 2.01. The standard InChI is InChI=1S/C29H34ClN3O4S/c1-17(2)14-21(16-34)33-25(27(36)32-20-10-8-19(30)9-11-20)29-13-12-22(38-29)23(24(29)28(33)37)26(35)31-15-18-6-4-3-5-7-18/h3-11,17,21-25,34H,12-16H2,1-2H3,(H,31,35)(H,32,36)/t21-,22+,23-,24+,25?,29?/m1/s1. The fraction of sp³-hybridized carbons (Fsp3) is 0.483. The number of rotatable bonds is 9. The van der Waals surface area contributed by atoms with Gasteiger partial charge in [-0.05, 0) is 55.0 Å². The first-order valence-corrected chi connectivity index (χ1v) is 14.5. The van der Waals surface area contributed by atoms with Gasteiger partial charge in [-0.15, -0.1) is 11.8 Å². The van der Waals surface area contributed by atoms with Crippen molar-refractivity contribution in [3.63, 3.8) is 0 Å². The summed E-state index contributed by atoms with van der Waals surface area (Å²) >= 11 is 7.65. The number of aliphatic hydroxyl groups excluding tert-OH is 1. The van der Waals surface area contributed by atoms with Gasteiger partial charge in [-0.1, -0.05) is 55.8 Å². The number of nitrogens with one attached hydrogen (secondary N) is 2. The largest absolute Gasteiger partial charge is 0.394 e. The molecule has 3 fully saturated rings. The van der Waals surface area contributed by atoms with Gasteiger partial charge in [0.15, 0.2) is 0 Å². The lowest BCUT2D eigenvalue weighted by atomic mass is 9.70. The normalized spacial score (nSPS) is 28.4. The molecule has 2 aromatic rings. The van der Waals surface area contributed by atoms with E-state index in [9.17, 15) is 19.5 Å². The van der Waals surface area contributed by atoms with E-state index < -0.39 is 28.7 Å². The smallest absolute Gasteiger partial charge is 0.248 e. The Balaban J connectivity index is 1.46. The van der Waals surface area contributed by atoms with Crippen LogP contribution in [0.1, 0.15) is 38.7 Å². The monoisotopic (exact) mass is 555 g/mol. The first kappa shape index (κ1) is 27.0. The Morgan fingerprint density at radius 2 is 1.84 bits per heavy atom. The third kappa shape index (κ3) is 4.82. The molecule has 2 aromatic carbocycles. The summed E-state index contributed by atoms with van der Waals surface area (Å²) in [5.74, 6) is -1.54. The van der Waals surface area contributed by atoms with E-state index in [0.29, 0.717) is 30.1 Å². The van der Waals surface area contributed by atoms with Crippen molar-refractivity contribution in [2.45, 2.75) is 61.7 Å². The molecule has 3 saturated heterocycles. The number of aliphatic hydroxyl groups is 1. The van der Waals surface area contributed by atoms with E-state index in [-0.39, 0.29) is 35.5 Å². The molecule has 0 aromatic heterocycles. The van der Waals surface area contributed by atoms with Crippen LogP contribution in [0.5, 0.6) is 0 Å². The van der Waals surface area contributed by atoms with E-state index in [1.54, 1.807) is 40.9 Å². The lowest BCUT2D eigenvalue weighted by Crippen LogP contribution is -2.55. The minimum absolute atomic E-state index is 0.0228. The summed E-state index contributed by atoms with van der Waals surface area (Å²) in [4.78, 5) is 43.3. The topological polar surface area (TPSA) is 98.7 Å². The molecule has 6 atom stereocenters. The Hall–Kier alpha value is -2.55. The second-order valence-corrected chi connectivity index (χ2v) is 13.0. The minimum atomic E-state index is -0.784. The highest BCUT2D eigenvalue weighted by atomic mass is 35.5. The number of amides is 3. The summed E-state index contributed by atoms with van der Waals surface area (Å²) in [7, 11) is 0. The van der Waals surface area contributed by atoms with Crippen LogP contribution in [0.15, 0.2) is 54.6 Å². The first-order valence-electron chi connectivity index (χ1n) is 13.2. The fourth-order valence-corrected chi connectivity index (χ4v) is 8.88. The van der Waals surface area contributed by atoms with Gasteiger partial charge < -0.3 is 20.6 Å². The summed E-state index contributed by atoms with van der Waals surface area (Å²) < 4.78 is -0.711. The van der Waals surface area contributed by atoms with Gasteiger partial charge >= 0.3 is 0 Å². The van der Waals surface area contributed by atoms with Crippen LogP contribution in [0.3, 0.4) is 0 Å². The Bertz CT molecular complexity index is 1190. The number of likely N-dealkylation sites (tertiary alicyclic amines) is 1.